The second-order valence-corrected chi connectivity index (χ2v) is 12.0. The Hall–Kier alpha value is -0.970. The average molecular weight is 561 g/mol. The fourth-order valence-corrected chi connectivity index (χ4v) is 6.32. The van der Waals surface area contributed by atoms with E-state index in [4.69, 9.17) is 24.7 Å². The Morgan fingerprint density at radius 1 is 1.15 bits per heavy atom. The van der Waals surface area contributed by atoms with Gasteiger partial charge in [-0.25, -0.2) is 0 Å². The summed E-state index contributed by atoms with van der Waals surface area (Å²) in [5.41, 5.74) is 3.38. The van der Waals surface area contributed by atoms with Crippen LogP contribution in [0.25, 0.3) is 0 Å². The smallest absolute Gasteiger partial charge is 0.253 e. The van der Waals surface area contributed by atoms with Crippen molar-refractivity contribution in [1.82, 2.24) is 16.0 Å². The summed E-state index contributed by atoms with van der Waals surface area (Å²) in [4.78, 5) is 13.1. The van der Waals surface area contributed by atoms with Crippen molar-refractivity contribution in [3.63, 3.8) is 0 Å². The molecule has 4 rings (SSSR count). The van der Waals surface area contributed by atoms with Gasteiger partial charge in [0.1, 0.15) is 23.9 Å². The monoisotopic (exact) mass is 560 g/mol. The normalized spacial score (nSPS) is 49.1. The number of β-amino-alcohol motifs (C(OH)–C–C–N with tert-alkyl or cyclic N) is 1. The zero-order chi connectivity index (χ0) is 28.5. The van der Waals surface area contributed by atoms with Crippen molar-refractivity contribution in [1.29, 1.82) is 0 Å². The van der Waals surface area contributed by atoms with Gasteiger partial charge >= 0.3 is 0 Å². The molecule has 4 fully saturated rings. The van der Waals surface area contributed by atoms with E-state index in [0.717, 1.165) is 19.3 Å². The Morgan fingerprint density at radius 3 is 2.51 bits per heavy atom. The van der Waals surface area contributed by atoms with Crippen LogP contribution in [0.1, 0.15) is 52.9 Å². The van der Waals surface area contributed by atoms with Crippen LogP contribution in [0.2, 0.25) is 0 Å². The summed E-state index contributed by atoms with van der Waals surface area (Å²) in [7, 11) is 1.61. The standard InChI is InChI=1S/C26H48N4O9/c1-5-14-6-7-15(27)22(37-14)38-19-13(2)10-16(30-24(33)26(35)8-9-29-11-26)20(17(19)31)39-23-18(32)21(28-4)25(3,34)12-36-23/h13-23,28-29,31-32,34-35H,5-12,27H2,1-4H3,(H,30,33)/t13-,14+,15?,16+,17?,18?,19?,20?,21+,22+,23+,25?,26+/m0/s1. The van der Waals surface area contributed by atoms with Crippen LogP contribution in [0.4, 0.5) is 0 Å². The predicted molar refractivity (Wildman–Crippen MR) is 139 cm³/mol. The predicted octanol–water partition coefficient (Wildman–Crippen LogP) is -2.33. The Balaban J connectivity index is 1.54. The summed E-state index contributed by atoms with van der Waals surface area (Å²) in [6.45, 7) is 6.00. The van der Waals surface area contributed by atoms with E-state index in [9.17, 15) is 25.2 Å². The molecule has 13 nitrogen and oxygen atoms in total. The molecule has 39 heavy (non-hydrogen) atoms. The molecular formula is C26H48N4O9. The maximum atomic E-state index is 13.1. The molecule has 0 aromatic carbocycles. The Bertz CT molecular complexity index is 829. The number of amides is 1. The molecule has 6 unspecified atom stereocenters. The first-order valence-corrected chi connectivity index (χ1v) is 14.2. The molecule has 3 saturated heterocycles. The molecule has 0 radical (unpaired) electrons. The van der Waals surface area contributed by atoms with E-state index < -0.39 is 66.2 Å². The summed E-state index contributed by atoms with van der Waals surface area (Å²) in [5.74, 6) is -0.795. The third kappa shape index (κ3) is 6.59. The van der Waals surface area contributed by atoms with Gasteiger partial charge in [0.15, 0.2) is 18.2 Å². The number of rotatable bonds is 8. The lowest BCUT2D eigenvalue weighted by Crippen LogP contribution is -2.68. The van der Waals surface area contributed by atoms with E-state index >= 15 is 0 Å². The highest BCUT2D eigenvalue weighted by Crippen LogP contribution is 2.35. The van der Waals surface area contributed by atoms with Crippen molar-refractivity contribution in [2.75, 3.05) is 26.7 Å². The molecule has 13 atom stereocenters. The number of hydrogen-bond acceptors (Lipinski definition) is 12. The van der Waals surface area contributed by atoms with E-state index in [2.05, 4.69) is 16.0 Å². The van der Waals surface area contributed by atoms with E-state index in [1.54, 1.807) is 14.0 Å². The molecule has 1 saturated carbocycles. The Labute approximate surface area is 230 Å². The SMILES string of the molecule is CC[C@@H]1CCC(N)[C@@H](OC2C(O)C(O[C@H]3OCC(C)(O)[C@H](NC)C3O)[C@H](NC(=O)[C@@]3(O)CCNC3)C[C@@H]2C)O1. The fraction of sp³-hybridized carbons (Fsp3) is 0.962. The zero-order valence-electron chi connectivity index (χ0n) is 23.4. The van der Waals surface area contributed by atoms with Crippen LogP contribution in [0, 0.1) is 5.92 Å². The zero-order valence-corrected chi connectivity index (χ0v) is 23.4. The van der Waals surface area contributed by atoms with E-state index in [1.807, 2.05) is 13.8 Å². The van der Waals surface area contributed by atoms with Crippen molar-refractivity contribution >= 4 is 5.91 Å². The van der Waals surface area contributed by atoms with Gasteiger partial charge in [-0.1, -0.05) is 13.8 Å². The van der Waals surface area contributed by atoms with Gasteiger partial charge in [0, 0.05) is 6.54 Å². The van der Waals surface area contributed by atoms with Crippen LogP contribution in [-0.2, 0) is 23.7 Å². The quantitative estimate of drug-likeness (QED) is 0.158. The van der Waals surface area contributed by atoms with Gasteiger partial charge < -0.3 is 61.1 Å². The maximum absolute atomic E-state index is 13.1. The number of ether oxygens (including phenoxy) is 4. The van der Waals surface area contributed by atoms with Gasteiger partial charge in [0.05, 0.1) is 36.9 Å². The number of aliphatic hydroxyl groups is 4. The molecule has 1 aliphatic carbocycles. The minimum atomic E-state index is -1.57. The van der Waals surface area contributed by atoms with Crippen LogP contribution in [0.15, 0.2) is 0 Å². The van der Waals surface area contributed by atoms with E-state index in [0.29, 0.717) is 13.0 Å². The maximum Gasteiger partial charge on any atom is 0.253 e. The summed E-state index contributed by atoms with van der Waals surface area (Å²) in [5, 5.41) is 52.8. The second kappa shape index (κ2) is 12.5. The third-order valence-electron chi connectivity index (χ3n) is 8.81. The van der Waals surface area contributed by atoms with Crippen LogP contribution < -0.4 is 21.7 Å². The molecule has 0 aromatic heterocycles. The fourth-order valence-electron chi connectivity index (χ4n) is 6.32. The van der Waals surface area contributed by atoms with E-state index in [1.165, 1.54) is 0 Å². The molecule has 0 aromatic rings. The molecule has 13 heteroatoms. The minimum Gasteiger partial charge on any atom is -0.388 e. The van der Waals surface area contributed by atoms with Crippen LogP contribution in [-0.4, -0.2) is 126 Å². The molecular weight excluding hydrogens is 512 g/mol. The lowest BCUT2D eigenvalue weighted by molar-refractivity contribution is -0.311. The molecule has 0 spiro atoms. The lowest BCUT2D eigenvalue weighted by Gasteiger charge is -2.49. The van der Waals surface area contributed by atoms with Gasteiger partial charge in [-0.15, -0.1) is 0 Å². The Morgan fingerprint density at radius 2 is 1.87 bits per heavy atom. The number of likely N-dealkylation sites (N-methyl/N-ethyl adjacent to an activating group) is 1. The van der Waals surface area contributed by atoms with Crippen molar-refractivity contribution in [3.05, 3.63) is 0 Å². The van der Waals surface area contributed by atoms with Crippen molar-refractivity contribution < 1.29 is 44.2 Å². The molecule has 3 heterocycles. The minimum absolute atomic E-state index is 0.0164. The van der Waals surface area contributed by atoms with Gasteiger partial charge in [-0.05, 0) is 58.5 Å². The lowest BCUT2D eigenvalue weighted by atomic mass is 9.79. The van der Waals surface area contributed by atoms with E-state index in [-0.39, 0.29) is 37.6 Å². The first kappa shape index (κ1) is 31.0. The summed E-state index contributed by atoms with van der Waals surface area (Å²) in [6, 6.07) is -1.83. The van der Waals surface area contributed by atoms with Crippen LogP contribution >= 0.6 is 0 Å². The van der Waals surface area contributed by atoms with Crippen molar-refractivity contribution in [2.24, 2.45) is 11.7 Å². The molecule has 9 N–H and O–H groups in total. The van der Waals surface area contributed by atoms with Crippen LogP contribution in [0.5, 0.6) is 0 Å². The average Bonchev–Trinajstić information content (AvgIpc) is 3.34. The summed E-state index contributed by atoms with van der Waals surface area (Å²) in [6.07, 6.45) is -3.20. The van der Waals surface area contributed by atoms with Gasteiger partial charge in [-0.3, -0.25) is 4.79 Å². The molecule has 1 amide bonds. The first-order valence-electron chi connectivity index (χ1n) is 14.2. The molecule has 3 aliphatic heterocycles. The Kier molecular flexibility index (Phi) is 9.92. The van der Waals surface area contributed by atoms with Crippen molar-refractivity contribution in [2.45, 2.75) is 125 Å². The number of hydrogen-bond donors (Lipinski definition) is 8. The summed E-state index contributed by atoms with van der Waals surface area (Å²) < 4.78 is 24.2. The number of nitrogens with one attached hydrogen (secondary N) is 3. The van der Waals surface area contributed by atoms with Crippen LogP contribution in [0.3, 0.4) is 0 Å². The highest BCUT2D eigenvalue weighted by Gasteiger charge is 2.52. The highest BCUT2D eigenvalue weighted by molar-refractivity contribution is 5.86. The summed E-state index contributed by atoms with van der Waals surface area (Å²) >= 11 is 0. The highest BCUT2D eigenvalue weighted by atomic mass is 16.7. The number of carbonyl (C=O) groups is 1. The van der Waals surface area contributed by atoms with Gasteiger partial charge in [0.2, 0.25) is 0 Å². The topological polar surface area (TPSA) is 197 Å². The molecule has 226 valence electrons. The van der Waals surface area contributed by atoms with Gasteiger partial charge in [0.25, 0.3) is 5.91 Å². The van der Waals surface area contributed by atoms with Crippen molar-refractivity contribution in [3.8, 4) is 0 Å². The largest absolute Gasteiger partial charge is 0.388 e. The molecule has 0 bridgehead atoms. The molecule has 4 aliphatic rings. The van der Waals surface area contributed by atoms with Gasteiger partial charge in [-0.2, -0.15) is 0 Å². The number of nitrogens with two attached hydrogens (primary N) is 1. The third-order valence-corrected chi connectivity index (χ3v) is 8.81. The number of aliphatic hydroxyl groups excluding tert-OH is 2. The number of carbonyl (C=O) groups excluding carboxylic acids is 1. The second-order valence-electron chi connectivity index (χ2n) is 12.0. The first-order chi connectivity index (χ1) is 18.4.